The van der Waals surface area contributed by atoms with Crippen LogP contribution < -0.4 is 10.6 Å². The molecule has 1 aliphatic heterocycles. The van der Waals surface area contributed by atoms with Crippen LogP contribution in [0, 0.1) is 5.41 Å². The second-order valence-electron chi connectivity index (χ2n) is 3.86. The summed E-state index contributed by atoms with van der Waals surface area (Å²) in [5, 5.41) is 7.22. The number of nitrogens with one attached hydrogen (secondary N) is 1. The van der Waals surface area contributed by atoms with Crippen LogP contribution in [0.4, 0.5) is 5.82 Å². The van der Waals surface area contributed by atoms with Gasteiger partial charge in [-0.2, -0.15) is 0 Å². The zero-order valence-electron chi connectivity index (χ0n) is 8.77. The fraction of sp³-hybridized carbons (Fsp3) is 0.500. The molecule has 1 aromatic rings. The topological polar surface area (TPSA) is 78.9 Å². The van der Waals surface area contributed by atoms with Gasteiger partial charge in [-0.05, 0) is 19.8 Å². The van der Waals surface area contributed by atoms with Gasteiger partial charge in [-0.25, -0.2) is 9.97 Å². The summed E-state index contributed by atoms with van der Waals surface area (Å²) in [7, 11) is 0. The molecule has 5 nitrogen and oxygen atoms in total. The summed E-state index contributed by atoms with van der Waals surface area (Å²) in [6.07, 6.45) is 5.66. The van der Waals surface area contributed by atoms with Gasteiger partial charge in [-0.1, -0.05) is 0 Å². The summed E-state index contributed by atoms with van der Waals surface area (Å²) >= 11 is 0. The van der Waals surface area contributed by atoms with Gasteiger partial charge in [0.05, 0.1) is 12.4 Å². The van der Waals surface area contributed by atoms with E-state index in [4.69, 9.17) is 11.1 Å². The van der Waals surface area contributed by atoms with Gasteiger partial charge in [0.25, 0.3) is 0 Å². The molecule has 2 rings (SSSR count). The quantitative estimate of drug-likeness (QED) is 0.551. The molecule has 1 fully saturated rings. The summed E-state index contributed by atoms with van der Waals surface area (Å²) in [6, 6.07) is 0.530. The molecule has 1 aliphatic rings. The van der Waals surface area contributed by atoms with E-state index >= 15 is 0 Å². The number of amidine groups is 1. The predicted molar refractivity (Wildman–Crippen MR) is 59.1 cm³/mol. The van der Waals surface area contributed by atoms with Gasteiger partial charge >= 0.3 is 0 Å². The SMILES string of the molecule is CC1CCCN1c1cnc(C(=N)N)cn1. The van der Waals surface area contributed by atoms with Gasteiger partial charge in [-0.15, -0.1) is 0 Å². The van der Waals surface area contributed by atoms with Crippen LogP contribution >= 0.6 is 0 Å². The smallest absolute Gasteiger partial charge is 0.147 e. The third-order valence-corrected chi connectivity index (χ3v) is 2.76. The van der Waals surface area contributed by atoms with Crippen LogP contribution in [0.2, 0.25) is 0 Å². The van der Waals surface area contributed by atoms with Gasteiger partial charge in [0.15, 0.2) is 0 Å². The normalized spacial score (nSPS) is 20.6. The molecule has 1 atom stereocenters. The molecular formula is C10H15N5. The fourth-order valence-electron chi connectivity index (χ4n) is 1.88. The molecular weight excluding hydrogens is 190 g/mol. The Hall–Kier alpha value is -1.65. The van der Waals surface area contributed by atoms with Crippen LogP contribution in [-0.4, -0.2) is 28.4 Å². The largest absolute Gasteiger partial charge is 0.382 e. The number of nitrogens with two attached hydrogens (primary N) is 1. The Morgan fingerprint density at radius 1 is 1.53 bits per heavy atom. The maximum absolute atomic E-state index is 7.22. The fourth-order valence-corrected chi connectivity index (χ4v) is 1.88. The first-order chi connectivity index (χ1) is 7.18. The molecule has 3 N–H and O–H groups in total. The van der Waals surface area contributed by atoms with Crippen molar-refractivity contribution in [3.05, 3.63) is 18.1 Å². The third kappa shape index (κ3) is 1.91. The molecule has 5 heteroatoms. The standard InChI is InChI=1S/C10H15N5/c1-7-3-2-4-15(7)9-6-13-8(5-14-9)10(11)12/h5-7H,2-4H2,1H3,(H3,11,12). The summed E-state index contributed by atoms with van der Waals surface area (Å²) in [4.78, 5) is 10.6. The highest BCUT2D eigenvalue weighted by Crippen LogP contribution is 2.22. The molecule has 1 aromatic heterocycles. The summed E-state index contributed by atoms with van der Waals surface area (Å²) in [5.74, 6) is 0.841. The zero-order valence-corrected chi connectivity index (χ0v) is 8.77. The molecule has 0 amide bonds. The minimum atomic E-state index is -0.0384. The second-order valence-corrected chi connectivity index (χ2v) is 3.86. The van der Waals surface area contributed by atoms with Gasteiger partial charge in [0.2, 0.25) is 0 Å². The average molecular weight is 205 g/mol. The van der Waals surface area contributed by atoms with Crippen molar-refractivity contribution in [1.82, 2.24) is 9.97 Å². The molecule has 0 radical (unpaired) electrons. The highest BCUT2D eigenvalue weighted by atomic mass is 15.2. The maximum atomic E-state index is 7.22. The molecule has 0 bridgehead atoms. The summed E-state index contributed by atoms with van der Waals surface area (Å²) in [6.45, 7) is 3.23. The number of hydrogen-bond acceptors (Lipinski definition) is 4. The van der Waals surface area contributed by atoms with E-state index in [1.807, 2.05) is 0 Å². The van der Waals surface area contributed by atoms with Crippen molar-refractivity contribution in [3.63, 3.8) is 0 Å². The molecule has 15 heavy (non-hydrogen) atoms. The Kier molecular flexibility index (Phi) is 2.53. The number of rotatable bonds is 2. The molecule has 1 unspecified atom stereocenters. The van der Waals surface area contributed by atoms with Gasteiger partial charge in [0.1, 0.15) is 17.3 Å². The lowest BCUT2D eigenvalue weighted by atomic mass is 10.2. The second kappa shape index (κ2) is 3.84. The van der Waals surface area contributed by atoms with Crippen LogP contribution in [0.1, 0.15) is 25.5 Å². The van der Waals surface area contributed by atoms with Crippen LogP contribution in [0.15, 0.2) is 12.4 Å². The van der Waals surface area contributed by atoms with E-state index in [1.165, 1.54) is 12.8 Å². The highest BCUT2D eigenvalue weighted by Gasteiger charge is 2.21. The van der Waals surface area contributed by atoms with Gasteiger partial charge in [-0.3, -0.25) is 5.41 Å². The van der Waals surface area contributed by atoms with E-state index in [-0.39, 0.29) is 5.84 Å². The molecule has 0 spiro atoms. The Morgan fingerprint density at radius 3 is 2.80 bits per heavy atom. The highest BCUT2D eigenvalue weighted by molar-refractivity contribution is 5.92. The first kappa shape index (κ1) is 9.89. The van der Waals surface area contributed by atoms with Crippen LogP contribution in [0.5, 0.6) is 0 Å². The van der Waals surface area contributed by atoms with Crippen molar-refractivity contribution in [3.8, 4) is 0 Å². The monoisotopic (exact) mass is 205 g/mol. The average Bonchev–Trinajstić information content (AvgIpc) is 2.65. The third-order valence-electron chi connectivity index (χ3n) is 2.76. The molecule has 0 aliphatic carbocycles. The minimum Gasteiger partial charge on any atom is -0.382 e. The van der Waals surface area contributed by atoms with Crippen molar-refractivity contribution in [2.24, 2.45) is 5.73 Å². The van der Waals surface area contributed by atoms with Crippen molar-refractivity contribution in [2.45, 2.75) is 25.8 Å². The van der Waals surface area contributed by atoms with Crippen LogP contribution in [-0.2, 0) is 0 Å². The van der Waals surface area contributed by atoms with Crippen molar-refractivity contribution in [2.75, 3.05) is 11.4 Å². The maximum Gasteiger partial charge on any atom is 0.147 e. The van der Waals surface area contributed by atoms with Crippen molar-refractivity contribution < 1.29 is 0 Å². The van der Waals surface area contributed by atoms with E-state index in [1.54, 1.807) is 12.4 Å². The molecule has 2 heterocycles. The molecule has 0 aromatic carbocycles. The molecule has 1 saturated heterocycles. The van der Waals surface area contributed by atoms with Crippen molar-refractivity contribution in [1.29, 1.82) is 5.41 Å². The summed E-state index contributed by atoms with van der Waals surface area (Å²) < 4.78 is 0. The Labute approximate surface area is 88.8 Å². The Balaban J connectivity index is 2.19. The van der Waals surface area contributed by atoms with Crippen LogP contribution in [0.3, 0.4) is 0 Å². The number of nitrogens with zero attached hydrogens (tertiary/aromatic N) is 3. The van der Waals surface area contributed by atoms with E-state index < -0.39 is 0 Å². The van der Waals surface area contributed by atoms with E-state index in [0.717, 1.165) is 12.4 Å². The molecule has 80 valence electrons. The van der Waals surface area contributed by atoms with E-state index in [0.29, 0.717) is 11.7 Å². The van der Waals surface area contributed by atoms with Gasteiger partial charge < -0.3 is 10.6 Å². The number of anilines is 1. The summed E-state index contributed by atoms with van der Waals surface area (Å²) in [5.41, 5.74) is 5.75. The number of aromatic nitrogens is 2. The Morgan fingerprint density at radius 2 is 2.33 bits per heavy atom. The van der Waals surface area contributed by atoms with Gasteiger partial charge in [0, 0.05) is 12.6 Å². The van der Waals surface area contributed by atoms with E-state index in [9.17, 15) is 0 Å². The first-order valence-electron chi connectivity index (χ1n) is 5.11. The number of nitrogen functional groups attached to an aromatic ring is 1. The minimum absolute atomic E-state index is 0.0384. The number of hydrogen-bond donors (Lipinski definition) is 2. The van der Waals surface area contributed by atoms with Crippen molar-refractivity contribution >= 4 is 11.7 Å². The lowest BCUT2D eigenvalue weighted by molar-refractivity contribution is 0.725. The zero-order chi connectivity index (χ0) is 10.8. The predicted octanol–water partition coefficient (Wildman–Crippen LogP) is 0.749. The van der Waals surface area contributed by atoms with E-state index in [2.05, 4.69) is 21.8 Å². The Bertz CT molecular complexity index is 359. The van der Waals surface area contributed by atoms with Crippen LogP contribution in [0.25, 0.3) is 0 Å². The lowest BCUT2D eigenvalue weighted by Gasteiger charge is -2.21. The first-order valence-corrected chi connectivity index (χ1v) is 5.11. The molecule has 0 saturated carbocycles. The lowest BCUT2D eigenvalue weighted by Crippen LogP contribution is -2.27.